The third kappa shape index (κ3) is 6.50. The average Bonchev–Trinajstić information content (AvgIpc) is 2.13. The molecule has 0 rings (SSSR count). The van der Waals surface area contributed by atoms with Crippen molar-refractivity contribution in [2.75, 3.05) is 0 Å². The minimum Gasteiger partial charge on any atom is -0.481 e. The molecule has 0 saturated carbocycles. The van der Waals surface area contributed by atoms with Gasteiger partial charge in [-0.2, -0.15) is 5.26 Å². The van der Waals surface area contributed by atoms with Crippen LogP contribution in [-0.2, 0) is 14.0 Å². The van der Waals surface area contributed by atoms with E-state index in [0.29, 0.717) is 0 Å². The molecule has 1 atom stereocenters. The number of hydrogen-bond acceptors (Lipinski definition) is 4. The summed E-state index contributed by atoms with van der Waals surface area (Å²) < 4.78 is 6.00. The molecule has 0 spiro atoms. The zero-order valence-corrected chi connectivity index (χ0v) is 13.3. The Labute approximate surface area is 115 Å². The molecule has 0 aliphatic heterocycles. The standard InChI is InChI=1S/C13H23NO4Si/c1-13(2,3)19(4,5)18-11(6-7-14)8-10(15)9-12(16)17/h11H,6,8-9H2,1-5H3,(H,16,17). The van der Waals surface area contributed by atoms with E-state index in [1.54, 1.807) is 0 Å². The average molecular weight is 285 g/mol. The first-order valence-electron chi connectivity index (χ1n) is 6.28. The number of carbonyl (C=O) groups excluding carboxylic acids is 1. The molecule has 6 heteroatoms. The Morgan fingerprint density at radius 2 is 1.89 bits per heavy atom. The van der Waals surface area contributed by atoms with E-state index in [0.717, 1.165) is 0 Å². The highest BCUT2D eigenvalue weighted by Crippen LogP contribution is 2.37. The number of carbonyl (C=O) groups is 2. The number of nitrogens with zero attached hydrogens (tertiary/aromatic N) is 1. The van der Waals surface area contributed by atoms with E-state index in [9.17, 15) is 9.59 Å². The molecule has 108 valence electrons. The summed E-state index contributed by atoms with van der Waals surface area (Å²) in [5.74, 6) is -1.54. The Hall–Kier alpha value is -1.19. The van der Waals surface area contributed by atoms with Crippen molar-refractivity contribution < 1.29 is 19.1 Å². The van der Waals surface area contributed by atoms with Gasteiger partial charge < -0.3 is 9.53 Å². The first-order chi connectivity index (χ1) is 8.49. The van der Waals surface area contributed by atoms with Crippen molar-refractivity contribution in [1.29, 1.82) is 5.26 Å². The van der Waals surface area contributed by atoms with Crippen molar-refractivity contribution in [3.05, 3.63) is 0 Å². The molecule has 0 saturated heterocycles. The molecule has 0 aliphatic carbocycles. The van der Waals surface area contributed by atoms with Gasteiger partial charge in [0.2, 0.25) is 0 Å². The summed E-state index contributed by atoms with van der Waals surface area (Å²) in [6, 6.07) is 2.00. The fourth-order valence-corrected chi connectivity index (χ4v) is 2.70. The summed E-state index contributed by atoms with van der Waals surface area (Å²) in [6.45, 7) is 10.3. The van der Waals surface area contributed by atoms with Crippen LogP contribution in [0.4, 0.5) is 0 Å². The highest BCUT2D eigenvalue weighted by atomic mass is 28.4. The topological polar surface area (TPSA) is 87.4 Å². The Morgan fingerprint density at radius 1 is 1.37 bits per heavy atom. The van der Waals surface area contributed by atoms with Gasteiger partial charge in [-0.25, -0.2) is 0 Å². The van der Waals surface area contributed by atoms with Crippen LogP contribution in [0.5, 0.6) is 0 Å². The monoisotopic (exact) mass is 285 g/mol. The predicted octanol–water partition coefficient (Wildman–Crippen LogP) is 2.72. The summed E-state index contributed by atoms with van der Waals surface area (Å²) in [7, 11) is -2.06. The number of hydrogen-bond donors (Lipinski definition) is 1. The molecule has 0 radical (unpaired) electrons. The van der Waals surface area contributed by atoms with Gasteiger partial charge in [0, 0.05) is 6.42 Å². The lowest BCUT2D eigenvalue weighted by Gasteiger charge is -2.38. The molecule has 19 heavy (non-hydrogen) atoms. The maximum atomic E-state index is 11.5. The van der Waals surface area contributed by atoms with E-state index in [4.69, 9.17) is 14.8 Å². The molecule has 0 fully saturated rings. The fraction of sp³-hybridized carbons (Fsp3) is 0.769. The number of nitriles is 1. The van der Waals surface area contributed by atoms with E-state index >= 15 is 0 Å². The van der Waals surface area contributed by atoms with Gasteiger partial charge in [0.15, 0.2) is 8.32 Å². The summed E-state index contributed by atoms with van der Waals surface area (Å²) in [4.78, 5) is 22.0. The summed E-state index contributed by atoms with van der Waals surface area (Å²) in [5.41, 5.74) is 0. The fourth-order valence-electron chi connectivity index (χ4n) is 1.35. The zero-order chi connectivity index (χ0) is 15.3. The Balaban J connectivity index is 4.72. The van der Waals surface area contributed by atoms with Crippen LogP contribution in [0.15, 0.2) is 0 Å². The third-order valence-electron chi connectivity index (χ3n) is 3.39. The molecule has 1 N–H and O–H groups in total. The normalized spacial score (nSPS) is 13.7. The van der Waals surface area contributed by atoms with Crippen LogP contribution in [0.3, 0.4) is 0 Å². The van der Waals surface area contributed by atoms with Crippen LogP contribution < -0.4 is 0 Å². The van der Waals surface area contributed by atoms with Crippen molar-refractivity contribution in [1.82, 2.24) is 0 Å². The number of rotatable bonds is 7. The lowest BCUT2D eigenvalue weighted by molar-refractivity contribution is -0.140. The van der Waals surface area contributed by atoms with Gasteiger partial charge in [-0.3, -0.25) is 9.59 Å². The van der Waals surface area contributed by atoms with E-state index in [2.05, 4.69) is 20.8 Å². The molecule has 0 bridgehead atoms. The van der Waals surface area contributed by atoms with Gasteiger partial charge in [-0.05, 0) is 18.1 Å². The number of carboxylic acids is 1. The highest BCUT2D eigenvalue weighted by Gasteiger charge is 2.39. The van der Waals surface area contributed by atoms with Gasteiger partial charge in [-0.1, -0.05) is 20.8 Å². The van der Waals surface area contributed by atoms with Crippen molar-refractivity contribution >= 4 is 20.1 Å². The second kappa shape index (κ2) is 6.82. The maximum absolute atomic E-state index is 11.5. The smallest absolute Gasteiger partial charge is 0.310 e. The summed E-state index contributed by atoms with van der Waals surface area (Å²) in [6.07, 6.45) is -0.912. The molecule has 0 amide bonds. The van der Waals surface area contributed by atoms with Crippen molar-refractivity contribution in [3.8, 4) is 6.07 Å². The van der Waals surface area contributed by atoms with Crippen LogP contribution >= 0.6 is 0 Å². The van der Waals surface area contributed by atoms with Crippen molar-refractivity contribution in [2.24, 2.45) is 0 Å². The predicted molar refractivity (Wildman–Crippen MR) is 74.2 cm³/mol. The van der Waals surface area contributed by atoms with Crippen molar-refractivity contribution in [2.45, 2.75) is 64.3 Å². The van der Waals surface area contributed by atoms with Crippen LogP contribution in [-0.4, -0.2) is 31.3 Å². The molecular formula is C13H23NO4Si. The molecule has 5 nitrogen and oxygen atoms in total. The molecule has 1 unspecified atom stereocenters. The minimum atomic E-state index is -2.06. The molecule has 0 aromatic rings. The first-order valence-corrected chi connectivity index (χ1v) is 9.18. The highest BCUT2D eigenvalue weighted by molar-refractivity contribution is 6.74. The van der Waals surface area contributed by atoms with Gasteiger partial charge in [0.1, 0.15) is 12.2 Å². The molecule has 0 aromatic carbocycles. The van der Waals surface area contributed by atoms with Gasteiger partial charge in [0.25, 0.3) is 0 Å². The van der Waals surface area contributed by atoms with Gasteiger partial charge >= 0.3 is 5.97 Å². The third-order valence-corrected chi connectivity index (χ3v) is 7.93. The van der Waals surface area contributed by atoms with E-state index in [-0.39, 0.29) is 17.9 Å². The van der Waals surface area contributed by atoms with Crippen LogP contribution in [0.2, 0.25) is 18.1 Å². The Morgan fingerprint density at radius 3 is 2.26 bits per heavy atom. The van der Waals surface area contributed by atoms with Crippen LogP contribution in [0.25, 0.3) is 0 Å². The van der Waals surface area contributed by atoms with Gasteiger partial charge in [-0.15, -0.1) is 0 Å². The number of carboxylic acid groups (broad SMARTS) is 1. The lowest BCUT2D eigenvalue weighted by Crippen LogP contribution is -2.44. The molecule has 0 aromatic heterocycles. The van der Waals surface area contributed by atoms with Crippen LogP contribution in [0.1, 0.15) is 40.0 Å². The van der Waals surface area contributed by atoms with Crippen LogP contribution in [0, 0.1) is 11.3 Å². The van der Waals surface area contributed by atoms with E-state index in [1.807, 2.05) is 19.2 Å². The lowest BCUT2D eigenvalue weighted by atomic mass is 10.1. The molecule has 0 heterocycles. The quantitative estimate of drug-likeness (QED) is 0.574. The Bertz CT molecular complexity index is 379. The second-order valence-corrected chi connectivity index (χ2v) is 10.9. The number of aliphatic carboxylic acids is 1. The first kappa shape index (κ1) is 17.8. The van der Waals surface area contributed by atoms with Gasteiger partial charge in [0.05, 0.1) is 18.6 Å². The summed E-state index contributed by atoms with van der Waals surface area (Å²) >= 11 is 0. The number of Topliss-reactive ketones (excluding diaryl/α,β-unsaturated/α-hetero) is 1. The van der Waals surface area contributed by atoms with Crippen molar-refractivity contribution in [3.63, 3.8) is 0 Å². The molecular weight excluding hydrogens is 262 g/mol. The SMILES string of the molecule is CC(C)(C)[Si](C)(C)OC(CC#N)CC(=O)CC(=O)O. The molecule has 0 aliphatic rings. The zero-order valence-electron chi connectivity index (χ0n) is 12.3. The van der Waals surface area contributed by atoms with E-state index in [1.165, 1.54) is 0 Å². The Kier molecular flexibility index (Phi) is 6.40. The number of ketones is 1. The largest absolute Gasteiger partial charge is 0.481 e. The minimum absolute atomic E-state index is 0.00757. The van der Waals surface area contributed by atoms with E-state index < -0.39 is 32.6 Å². The summed E-state index contributed by atoms with van der Waals surface area (Å²) in [5, 5.41) is 17.3. The second-order valence-electron chi connectivity index (χ2n) is 6.18. The maximum Gasteiger partial charge on any atom is 0.310 e.